The van der Waals surface area contributed by atoms with E-state index in [0.29, 0.717) is 5.92 Å². The molecule has 0 saturated carbocycles. The van der Waals surface area contributed by atoms with Gasteiger partial charge in [0.2, 0.25) is 0 Å². The van der Waals surface area contributed by atoms with E-state index >= 15 is 0 Å². The molecule has 221 valence electrons. The van der Waals surface area contributed by atoms with E-state index < -0.39 is 0 Å². The molecule has 1 aliphatic heterocycles. The molecule has 3 aromatic heterocycles. The zero-order valence-corrected chi connectivity index (χ0v) is 27.9. The number of hydrogen-bond acceptors (Lipinski definition) is 3. The number of allylic oxidation sites excluding steroid dienone is 1. The van der Waals surface area contributed by atoms with E-state index in [4.69, 9.17) is 9.40 Å². The van der Waals surface area contributed by atoms with Crippen molar-refractivity contribution >= 4 is 39.0 Å². The Morgan fingerprint density at radius 2 is 1.70 bits per heavy atom. The molecule has 0 N–H and O–H groups in total. The van der Waals surface area contributed by atoms with Gasteiger partial charge in [0.25, 0.3) is 0 Å². The first-order chi connectivity index (χ1) is 20.8. The Morgan fingerprint density at radius 3 is 2.50 bits per heavy atom. The third-order valence-electron chi connectivity index (χ3n) is 8.17. The fourth-order valence-electron chi connectivity index (χ4n) is 5.98. The van der Waals surface area contributed by atoms with Gasteiger partial charge in [0.1, 0.15) is 5.58 Å². The first kappa shape index (κ1) is 29.7. The molecule has 4 heterocycles. The van der Waals surface area contributed by atoms with Crippen molar-refractivity contribution in [2.24, 2.45) is 0 Å². The van der Waals surface area contributed by atoms with Gasteiger partial charge in [-0.1, -0.05) is 66.8 Å². The van der Waals surface area contributed by atoms with Crippen LogP contribution in [-0.2, 0) is 25.6 Å². The predicted octanol–water partition coefficient (Wildman–Crippen LogP) is 10.1. The number of pyridine rings is 1. The molecular weight excluding hydrogens is 719 g/mol. The zero-order valence-electron chi connectivity index (χ0n) is 25.5. The number of imidazole rings is 1. The van der Waals surface area contributed by atoms with Crippen LogP contribution in [0.25, 0.3) is 61.7 Å². The maximum absolute atomic E-state index is 6.07. The monoisotopic (exact) mass is 752 g/mol. The van der Waals surface area contributed by atoms with Crippen molar-refractivity contribution in [2.45, 2.75) is 46.1 Å². The van der Waals surface area contributed by atoms with Crippen LogP contribution in [-0.4, -0.2) is 14.5 Å². The smallest absolute Gasteiger partial charge is 0.120 e. The number of furan rings is 1. The number of aryl methyl sites for hydroxylation is 1. The van der Waals surface area contributed by atoms with Crippen LogP contribution in [0.1, 0.15) is 50.3 Å². The summed E-state index contributed by atoms with van der Waals surface area (Å²) in [6.07, 6.45) is 6.33. The molecule has 8 rings (SSSR count). The van der Waals surface area contributed by atoms with E-state index in [1.165, 1.54) is 22.2 Å². The van der Waals surface area contributed by atoms with Crippen molar-refractivity contribution < 1.29 is 24.5 Å². The van der Waals surface area contributed by atoms with Crippen LogP contribution < -0.4 is 0 Å². The summed E-state index contributed by atoms with van der Waals surface area (Å²) < 4.78 is 8.40. The maximum atomic E-state index is 6.07. The molecular formula is C39H33IrN3O-2. The second kappa shape index (κ2) is 11.6. The number of hydrogen-bond donors (Lipinski definition) is 0. The molecule has 0 unspecified atom stereocenters. The van der Waals surface area contributed by atoms with Gasteiger partial charge in [-0.15, -0.1) is 54.1 Å². The summed E-state index contributed by atoms with van der Waals surface area (Å²) in [5.74, 6) is 1.46. The number of nitrogens with zero attached hydrogens (tertiary/aromatic N) is 3. The molecule has 4 nitrogen and oxygen atoms in total. The third kappa shape index (κ3) is 5.21. The molecule has 1 radical (unpaired) electrons. The minimum atomic E-state index is -0.0873. The average Bonchev–Trinajstić information content (AvgIpc) is 3.60. The molecule has 4 aromatic carbocycles. The van der Waals surface area contributed by atoms with Gasteiger partial charge in [-0.25, -0.2) is 0 Å². The average molecular weight is 752 g/mol. The Labute approximate surface area is 271 Å². The Balaban J connectivity index is 0.000000153. The molecule has 0 aliphatic carbocycles. The molecule has 0 amide bonds. The van der Waals surface area contributed by atoms with E-state index in [1.54, 1.807) is 0 Å². The van der Waals surface area contributed by atoms with Crippen molar-refractivity contribution in [3.05, 3.63) is 126 Å². The first-order valence-corrected chi connectivity index (χ1v) is 14.8. The van der Waals surface area contributed by atoms with Gasteiger partial charge in [-0.05, 0) is 67.8 Å². The SMILES string of the molecule is CC(C)c1ccnc(-c2[c-]ccc3c2oc2ccccc23)c1.Cc1cc2c3c(c1)nc(-c1[c-]cccc1)n3C(C)(C)C=C2.[Ir]. The molecule has 44 heavy (non-hydrogen) atoms. The second-order valence-electron chi connectivity index (χ2n) is 12.1. The fourth-order valence-corrected chi connectivity index (χ4v) is 5.98. The summed E-state index contributed by atoms with van der Waals surface area (Å²) in [5.41, 5.74) is 10.6. The summed E-state index contributed by atoms with van der Waals surface area (Å²) in [6, 6.07) is 35.3. The second-order valence-corrected chi connectivity index (χ2v) is 12.1. The molecule has 0 atom stereocenters. The van der Waals surface area contributed by atoms with Gasteiger partial charge < -0.3 is 14.0 Å². The van der Waals surface area contributed by atoms with Crippen LogP contribution in [0.4, 0.5) is 0 Å². The topological polar surface area (TPSA) is 43.9 Å². The molecule has 0 fully saturated rings. The summed E-state index contributed by atoms with van der Waals surface area (Å²) in [4.78, 5) is 9.42. The maximum Gasteiger partial charge on any atom is 0.120 e. The molecule has 1 aliphatic rings. The predicted molar refractivity (Wildman–Crippen MR) is 177 cm³/mol. The van der Waals surface area contributed by atoms with E-state index in [9.17, 15) is 0 Å². The van der Waals surface area contributed by atoms with E-state index in [2.05, 4.69) is 111 Å². The van der Waals surface area contributed by atoms with Crippen LogP contribution in [0.3, 0.4) is 0 Å². The largest absolute Gasteiger partial charge is 0.501 e. The zero-order chi connectivity index (χ0) is 29.7. The number of rotatable bonds is 3. The number of fused-ring (bicyclic) bond motifs is 3. The molecule has 5 heteroatoms. The molecule has 0 bridgehead atoms. The molecule has 0 spiro atoms. The summed E-state index contributed by atoms with van der Waals surface area (Å²) >= 11 is 0. The van der Waals surface area contributed by atoms with Crippen molar-refractivity contribution in [3.8, 4) is 22.6 Å². The Morgan fingerprint density at radius 1 is 0.886 bits per heavy atom. The molecule has 7 aromatic rings. The standard InChI is InChI=1S/C20H16NO.C19H17N2.Ir/c1-13(2)14-10-11-21-18(12-14)17-8-5-7-16-15-6-3-4-9-19(15)22-20(16)17;1-13-11-15-9-10-19(2,3)21-17(15)16(12-13)20-18(21)14-7-5-4-6-8-14;/h3-7,9-13H,1-2H3;4-7,9-12H,1-3H3;/q2*-1;. The minimum Gasteiger partial charge on any atom is -0.501 e. The van der Waals surface area contributed by atoms with Crippen LogP contribution in [0, 0.1) is 19.1 Å². The van der Waals surface area contributed by atoms with Crippen molar-refractivity contribution in [3.63, 3.8) is 0 Å². The van der Waals surface area contributed by atoms with Gasteiger partial charge in [-0.2, -0.15) is 0 Å². The number of aromatic nitrogens is 3. The van der Waals surface area contributed by atoms with E-state index in [-0.39, 0.29) is 25.6 Å². The van der Waals surface area contributed by atoms with Crippen molar-refractivity contribution in [1.29, 1.82) is 0 Å². The van der Waals surface area contributed by atoms with Gasteiger partial charge in [0.15, 0.2) is 0 Å². The summed E-state index contributed by atoms with van der Waals surface area (Å²) in [5, 5.41) is 2.24. The van der Waals surface area contributed by atoms with Gasteiger partial charge >= 0.3 is 0 Å². The summed E-state index contributed by atoms with van der Waals surface area (Å²) in [7, 11) is 0. The minimum absolute atomic E-state index is 0. The van der Waals surface area contributed by atoms with Crippen LogP contribution >= 0.6 is 0 Å². The van der Waals surface area contributed by atoms with E-state index in [1.807, 2.05) is 48.7 Å². The Hall–Kier alpha value is -4.31. The van der Waals surface area contributed by atoms with Crippen LogP contribution in [0.5, 0.6) is 0 Å². The Kier molecular flexibility index (Phi) is 7.87. The van der Waals surface area contributed by atoms with Gasteiger partial charge in [0, 0.05) is 31.7 Å². The Bertz CT molecular complexity index is 2150. The summed E-state index contributed by atoms with van der Waals surface area (Å²) in [6.45, 7) is 10.9. The van der Waals surface area contributed by atoms with Crippen LogP contribution in [0.2, 0.25) is 0 Å². The number of benzene rings is 4. The normalized spacial score (nSPS) is 13.2. The quantitative estimate of drug-likeness (QED) is 0.169. The van der Waals surface area contributed by atoms with Crippen molar-refractivity contribution in [1.82, 2.24) is 14.5 Å². The van der Waals surface area contributed by atoms with Gasteiger partial charge in [0.05, 0.1) is 28.0 Å². The third-order valence-corrected chi connectivity index (χ3v) is 8.17. The van der Waals surface area contributed by atoms with E-state index in [0.717, 1.165) is 50.1 Å². The first-order valence-electron chi connectivity index (χ1n) is 14.8. The number of para-hydroxylation sites is 1. The molecule has 0 saturated heterocycles. The van der Waals surface area contributed by atoms with Gasteiger partial charge in [-0.3, -0.25) is 4.98 Å². The van der Waals surface area contributed by atoms with Crippen molar-refractivity contribution in [2.75, 3.05) is 0 Å². The fraction of sp³-hybridized carbons (Fsp3) is 0.179. The van der Waals surface area contributed by atoms with Crippen LogP contribution in [0.15, 0.2) is 102 Å².